The molecule has 2 aliphatic heterocycles. The van der Waals surface area contributed by atoms with Crippen LogP contribution in [0.2, 0.25) is 0 Å². The zero-order chi connectivity index (χ0) is 22.5. The molecule has 0 bridgehead atoms. The van der Waals surface area contributed by atoms with Crippen LogP contribution >= 0.6 is 0 Å². The summed E-state index contributed by atoms with van der Waals surface area (Å²) in [5.74, 6) is 0.993. The summed E-state index contributed by atoms with van der Waals surface area (Å²) in [6.45, 7) is 5.18. The highest BCUT2D eigenvalue weighted by molar-refractivity contribution is 5.89. The highest BCUT2D eigenvalue weighted by Crippen LogP contribution is 2.29. The molecule has 0 unspecified atom stereocenters. The fourth-order valence-electron chi connectivity index (χ4n) is 4.86. The molecule has 33 heavy (non-hydrogen) atoms. The molecule has 6 nitrogen and oxygen atoms in total. The standard InChI is InChI=1S/C27H31N5O/c33-27(29-24-13-14-25(28-21-24)30-15-7-8-16-30)32-19-17-31(18-20-32)26(22-9-3-1-4-10-22)23-11-5-2-6-12-23/h1-6,9-14,21,26H,7-8,15-20H2,(H,29,33). The Labute approximate surface area is 195 Å². The van der Waals surface area contributed by atoms with E-state index >= 15 is 0 Å². The lowest BCUT2D eigenvalue weighted by molar-refractivity contribution is 0.126. The average Bonchev–Trinajstić information content (AvgIpc) is 3.42. The fraction of sp³-hybridized carbons (Fsp3) is 0.333. The number of aromatic nitrogens is 1. The van der Waals surface area contributed by atoms with Gasteiger partial charge < -0.3 is 15.1 Å². The van der Waals surface area contributed by atoms with Gasteiger partial charge in [-0.2, -0.15) is 0 Å². The summed E-state index contributed by atoms with van der Waals surface area (Å²) >= 11 is 0. The van der Waals surface area contributed by atoms with Crippen LogP contribution in [0.15, 0.2) is 79.0 Å². The van der Waals surface area contributed by atoms with Crippen LogP contribution < -0.4 is 10.2 Å². The first kappa shape index (κ1) is 21.5. The van der Waals surface area contributed by atoms with E-state index in [1.165, 1.54) is 24.0 Å². The summed E-state index contributed by atoms with van der Waals surface area (Å²) in [5, 5.41) is 3.02. The third-order valence-corrected chi connectivity index (χ3v) is 6.63. The van der Waals surface area contributed by atoms with Gasteiger partial charge in [-0.15, -0.1) is 0 Å². The normalized spacial score (nSPS) is 16.9. The first-order chi connectivity index (χ1) is 16.3. The van der Waals surface area contributed by atoms with Crippen molar-refractivity contribution in [2.45, 2.75) is 18.9 Å². The number of urea groups is 1. The van der Waals surface area contributed by atoms with Crippen LogP contribution in [0.25, 0.3) is 0 Å². The molecule has 5 rings (SSSR count). The number of carbonyl (C=O) groups excluding carboxylic acids is 1. The topological polar surface area (TPSA) is 51.7 Å². The minimum atomic E-state index is -0.0543. The number of piperazine rings is 1. The molecule has 3 aromatic rings. The van der Waals surface area contributed by atoms with Gasteiger partial charge in [0.15, 0.2) is 0 Å². The number of hydrogen-bond donors (Lipinski definition) is 1. The Morgan fingerprint density at radius 2 is 1.36 bits per heavy atom. The molecule has 2 fully saturated rings. The second kappa shape index (κ2) is 10.0. The molecule has 170 valence electrons. The van der Waals surface area contributed by atoms with Gasteiger partial charge >= 0.3 is 6.03 Å². The molecule has 0 aliphatic carbocycles. The van der Waals surface area contributed by atoms with Gasteiger partial charge in [-0.1, -0.05) is 60.7 Å². The maximum atomic E-state index is 12.9. The number of hydrogen-bond acceptors (Lipinski definition) is 4. The molecular weight excluding hydrogens is 410 g/mol. The van der Waals surface area contributed by atoms with Crippen LogP contribution in [-0.2, 0) is 0 Å². The van der Waals surface area contributed by atoms with Gasteiger partial charge in [-0.05, 0) is 36.1 Å². The van der Waals surface area contributed by atoms with Gasteiger partial charge in [-0.3, -0.25) is 4.90 Å². The van der Waals surface area contributed by atoms with Crippen molar-refractivity contribution in [1.82, 2.24) is 14.8 Å². The van der Waals surface area contributed by atoms with Crippen LogP contribution in [0.5, 0.6) is 0 Å². The van der Waals surface area contributed by atoms with Crippen molar-refractivity contribution < 1.29 is 4.79 Å². The predicted molar refractivity (Wildman–Crippen MR) is 133 cm³/mol. The van der Waals surface area contributed by atoms with Crippen molar-refractivity contribution in [2.75, 3.05) is 49.5 Å². The Kier molecular flexibility index (Phi) is 6.53. The maximum absolute atomic E-state index is 12.9. The number of nitrogens with zero attached hydrogens (tertiary/aromatic N) is 4. The molecule has 2 saturated heterocycles. The minimum Gasteiger partial charge on any atom is -0.357 e. The van der Waals surface area contributed by atoms with E-state index < -0.39 is 0 Å². The third kappa shape index (κ3) is 5.01. The molecule has 2 aliphatic rings. The van der Waals surface area contributed by atoms with Crippen LogP contribution in [0.3, 0.4) is 0 Å². The fourth-order valence-corrected chi connectivity index (χ4v) is 4.86. The number of carbonyl (C=O) groups is 1. The molecule has 0 saturated carbocycles. The second-order valence-corrected chi connectivity index (χ2v) is 8.78. The molecule has 1 N–H and O–H groups in total. The van der Waals surface area contributed by atoms with Gasteiger partial charge in [-0.25, -0.2) is 9.78 Å². The van der Waals surface area contributed by atoms with E-state index in [1.807, 2.05) is 17.0 Å². The lowest BCUT2D eigenvalue weighted by Gasteiger charge is -2.39. The lowest BCUT2D eigenvalue weighted by atomic mass is 9.96. The zero-order valence-electron chi connectivity index (χ0n) is 18.9. The summed E-state index contributed by atoms with van der Waals surface area (Å²) in [5.41, 5.74) is 3.31. The molecule has 2 aromatic carbocycles. The Morgan fingerprint density at radius 3 is 1.91 bits per heavy atom. The molecular formula is C27H31N5O. The largest absolute Gasteiger partial charge is 0.357 e. The number of rotatable bonds is 5. The molecule has 1 aromatic heterocycles. The Bertz CT molecular complexity index is 988. The molecule has 0 atom stereocenters. The molecule has 6 heteroatoms. The van der Waals surface area contributed by atoms with E-state index in [4.69, 9.17) is 0 Å². The van der Waals surface area contributed by atoms with Crippen molar-refractivity contribution in [3.05, 3.63) is 90.1 Å². The highest BCUT2D eigenvalue weighted by Gasteiger charge is 2.28. The summed E-state index contributed by atoms with van der Waals surface area (Å²) in [6.07, 6.45) is 4.21. The molecule has 0 spiro atoms. The quantitative estimate of drug-likeness (QED) is 0.628. The summed E-state index contributed by atoms with van der Waals surface area (Å²) < 4.78 is 0. The van der Waals surface area contributed by atoms with Crippen molar-refractivity contribution in [3.8, 4) is 0 Å². The zero-order valence-corrected chi connectivity index (χ0v) is 18.9. The van der Waals surface area contributed by atoms with E-state index in [-0.39, 0.29) is 12.1 Å². The molecule has 0 radical (unpaired) electrons. The second-order valence-electron chi connectivity index (χ2n) is 8.78. The van der Waals surface area contributed by atoms with Crippen molar-refractivity contribution in [1.29, 1.82) is 0 Å². The van der Waals surface area contributed by atoms with Crippen molar-refractivity contribution >= 4 is 17.5 Å². The summed E-state index contributed by atoms with van der Waals surface area (Å²) in [7, 11) is 0. The van der Waals surface area contributed by atoms with Gasteiger partial charge in [0.1, 0.15) is 5.82 Å². The summed E-state index contributed by atoms with van der Waals surface area (Å²) in [6, 6.07) is 25.4. The van der Waals surface area contributed by atoms with E-state index in [0.717, 1.165) is 37.7 Å². The average molecular weight is 442 g/mol. The Morgan fingerprint density at radius 1 is 0.758 bits per heavy atom. The predicted octanol–water partition coefficient (Wildman–Crippen LogP) is 4.62. The smallest absolute Gasteiger partial charge is 0.321 e. The number of pyridine rings is 1. The first-order valence-electron chi connectivity index (χ1n) is 11.9. The van der Waals surface area contributed by atoms with Gasteiger partial charge in [0.2, 0.25) is 0 Å². The number of anilines is 2. The Balaban J connectivity index is 1.21. The highest BCUT2D eigenvalue weighted by atomic mass is 16.2. The van der Waals surface area contributed by atoms with Crippen LogP contribution in [0.1, 0.15) is 30.0 Å². The van der Waals surface area contributed by atoms with E-state index in [0.29, 0.717) is 13.1 Å². The SMILES string of the molecule is O=C(Nc1ccc(N2CCCC2)nc1)N1CCN(C(c2ccccc2)c2ccccc2)CC1. The monoisotopic (exact) mass is 441 g/mol. The van der Waals surface area contributed by atoms with E-state index in [9.17, 15) is 4.79 Å². The van der Waals surface area contributed by atoms with Crippen molar-refractivity contribution in [2.24, 2.45) is 0 Å². The minimum absolute atomic E-state index is 0.0543. The Hall–Kier alpha value is -3.38. The summed E-state index contributed by atoms with van der Waals surface area (Å²) in [4.78, 5) is 24.1. The number of nitrogens with one attached hydrogen (secondary N) is 1. The van der Waals surface area contributed by atoms with Crippen LogP contribution in [0, 0.1) is 0 Å². The van der Waals surface area contributed by atoms with Gasteiger partial charge in [0.25, 0.3) is 0 Å². The lowest BCUT2D eigenvalue weighted by Crippen LogP contribution is -2.51. The van der Waals surface area contributed by atoms with Gasteiger partial charge in [0.05, 0.1) is 17.9 Å². The number of benzene rings is 2. The van der Waals surface area contributed by atoms with Crippen LogP contribution in [-0.4, -0.2) is 60.1 Å². The van der Waals surface area contributed by atoms with E-state index in [1.54, 1.807) is 6.20 Å². The first-order valence-corrected chi connectivity index (χ1v) is 11.9. The van der Waals surface area contributed by atoms with E-state index in [2.05, 4.69) is 80.8 Å². The number of amides is 2. The van der Waals surface area contributed by atoms with Crippen molar-refractivity contribution in [3.63, 3.8) is 0 Å². The van der Waals surface area contributed by atoms with Crippen LogP contribution in [0.4, 0.5) is 16.3 Å². The van der Waals surface area contributed by atoms with Gasteiger partial charge in [0, 0.05) is 39.3 Å². The maximum Gasteiger partial charge on any atom is 0.321 e. The molecule has 2 amide bonds. The molecule has 3 heterocycles. The third-order valence-electron chi connectivity index (χ3n) is 6.63.